The minimum Gasteiger partial charge on any atom is -0.316 e. The first-order valence-corrected chi connectivity index (χ1v) is 8.21. The molecule has 0 saturated heterocycles. The number of hydrogen-bond donors (Lipinski definition) is 1. The van der Waals surface area contributed by atoms with Crippen molar-refractivity contribution in [2.45, 2.75) is 6.18 Å². The van der Waals surface area contributed by atoms with Crippen molar-refractivity contribution in [3.8, 4) is 5.69 Å². The van der Waals surface area contributed by atoms with E-state index in [9.17, 15) is 23.3 Å². The van der Waals surface area contributed by atoms with Gasteiger partial charge in [-0.2, -0.15) is 18.3 Å². The van der Waals surface area contributed by atoms with Crippen molar-refractivity contribution in [3.63, 3.8) is 0 Å². The Morgan fingerprint density at radius 3 is 2.50 bits per heavy atom. The summed E-state index contributed by atoms with van der Waals surface area (Å²) >= 11 is 5.87. The molecule has 3 rings (SSSR count). The molecule has 1 heterocycles. The molecular weight excluding hydrogens is 397 g/mol. The molecule has 0 radical (unpaired) electrons. The third kappa shape index (κ3) is 4.32. The molecule has 6 nitrogen and oxygen atoms in total. The molecule has 0 aliphatic heterocycles. The van der Waals surface area contributed by atoms with Crippen molar-refractivity contribution < 1.29 is 18.1 Å². The van der Waals surface area contributed by atoms with Crippen molar-refractivity contribution in [3.05, 3.63) is 87.2 Å². The number of hydrogen-bond acceptors (Lipinski definition) is 4. The number of anilines is 1. The first kappa shape index (κ1) is 19.4. The lowest BCUT2D eigenvalue weighted by Gasteiger charge is -2.09. The number of rotatable bonds is 5. The highest BCUT2D eigenvalue weighted by Crippen LogP contribution is 2.34. The number of nitrogens with one attached hydrogen (secondary N) is 1. The minimum absolute atomic E-state index is 0.154. The van der Waals surface area contributed by atoms with Crippen LogP contribution < -0.4 is 5.43 Å². The largest absolute Gasteiger partial charge is 0.416 e. The normalized spacial score (nSPS) is 11.7. The predicted molar refractivity (Wildman–Crippen MR) is 100 cm³/mol. The molecule has 0 spiro atoms. The smallest absolute Gasteiger partial charge is 0.316 e. The summed E-state index contributed by atoms with van der Waals surface area (Å²) in [6, 6.07) is 12.8. The molecule has 0 atom stereocenters. The highest BCUT2D eigenvalue weighted by Gasteiger charge is 2.33. The van der Waals surface area contributed by atoms with Gasteiger partial charge in [0, 0.05) is 23.0 Å². The van der Waals surface area contributed by atoms with E-state index in [1.807, 2.05) is 0 Å². The van der Waals surface area contributed by atoms with Gasteiger partial charge in [0.15, 0.2) is 0 Å². The summed E-state index contributed by atoms with van der Waals surface area (Å²) in [6.07, 6.45) is -1.49. The summed E-state index contributed by atoms with van der Waals surface area (Å²) in [5.41, 5.74) is 1.90. The molecule has 0 amide bonds. The minimum atomic E-state index is -4.67. The lowest BCUT2D eigenvalue weighted by atomic mass is 10.1. The lowest BCUT2D eigenvalue weighted by molar-refractivity contribution is -0.384. The Balaban J connectivity index is 1.83. The Hall–Kier alpha value is -3.33. The maximum Gasteiger partial charge on any atom is 0.416 e. The molecule has 28 heavy (non-hydrogen) atoms. The van der Waals surface area contributed by atoms with E-state index >= 15 is 0 Å². The van der Waals surface area contributed by atoms with Gasteiger partial charge in [0.2, 0.25) is 0 Å². The summed E-state index contributed by atoms with van der Waals surface area (Å²) in [5, 5.41) is 15.6. The van der Waals surface area contributed by atoms with Crippen molar-refractivity contribution >= 4 is 29.2 Å². The van der Waals surface area contributed by atoms with Gasteiger partial charge in [-0.3, -0.25) is 15.5 Å². The van der Waals surface area contributed by atoms with Crippen molar-refractivity contribution in [1.29, 1.82) is 0 Å². The van der Waals surface area contributed by atoms with Gasteiger partial charge in [0.25, 0.3) is 5.69 Å². The van der Waals surface area contributed by atoms with Crippen LogP contribution in [0.5, 0.6) is 0 Å². The third-order valence-electron chi connectivity index (χ3n) is 3.79. The summed E-state index contributed by atoms with van der Waals surface area (Å²) in [5.74, 6) is 0. The van der Waals surface area contributed by atoms with Gasteiger partial charge in [0.05, 0.1) is 22.4 Å². The van der Waals surface area contributed by atoms with Crippen LogP contribution in [0.2, 0.25) is 5.02 Å². The van der Waals surface area contributed by atoms with Gasteiger partial charge in [-0.1, -0.05) is 11.6 Å². The molecule has 0 saturated carbocycles. The first-order valence-electron chi connectivity index (χ1n) is 7.84. The number of nitro groups is 1. The molecule has 0 unspecified atom stereocenters. The number of benzene rings is 2. The van der Waals surface area contributed by atoms with E-state index < -0.39 is 22.4 Å². The SMILES string of the molecule is O=[N+]([O-])c1cc(C(F)(F)F)ccc1N/N=C\c1cccn1-c1ccc(Cl)cc1. The summed E-state index contributed by atoms with van der Waals surface area (Å²) < 4.78 is 40.0. The highest BCUT2D eigenvalue weighted by atomic mass is 35.5. The number of alkyl halides is 3. The van der Waals surface area contributed by atoms with Gasteiger partial charge < -0.3 is 4.57 Å². The van der Waals surface area contributed by atoms with E-state index in [2.05, 4.69) is 10.5 Å². The van der Waals surface area contributed by atoms with Crippen molar-refractivity contribution in [2.75, 3.05) is 5.43 Å². The molecule has 10 heteroatoms. The fourth-order valence-corrected chi connectivity index (χ4v) is 2.58. The monoisotopic (exact) mass is 408 g/mol. The van der Waals surface area contributed by atoms with Crippen LogP contribution in [0.3, 0.4) is 0 Å². The van der Waals surface area contributed by atoms with Crippen LogP contribution in [0.1, 0.15) is 11.3 Å². The number of aromatic nitrogens is 1. The Bertz CT molecular complexity index is 1030. The summed E-state index contributed by atoms with van der Waals surface area (Å²) in [7, 11) is 0. The van der Waals surface area contributed by atoms with Crippen LogP contribution in [-0.2, 0) is 6.18 Å². The van der Waals surface area contributed by atoms with Gasteiger partial charge in [-0.25, -0.2) is 0 Å². The topological polar surface area (TPSA) is 72.5 Å². The number of halogens is 4. The zero-order valence-corrected chi connectivity index (χ0v) is 14.8. The third-order valence-corrected chi connectivity index (χ3v) is 4.04. The van der Waals surface area contributed by atoms with Crippen LogP contribution in [0.15, 0.2) is 65.9 Å². The van der Waals surface area contributed by atoms with Crippen molar-refractivity contribution in [1.82, 2.24) is 4.57 Å². The predicted octanol–water partition coefficient (Wildman–Crippen LogP) is 5.50. The zero-order chi connectivity index (χ0) is 20.3. The van der Waals surface area contributed by atoms with E-state index in [1.165, 1.54) is 6.21 Å². The summed E-state index contributed by atoms with van der Waals surface area (Å²) in [6.45, 7) is 0. The number of hydrazone groups is 1. The van der Waals surface area contributed by atoms with Crippen LogP contribution in [0.4, 0.5) is 24.5 Å². The molecule has 0 fully saturated rings. The van der Waals surface area contributed by atoms with E-state index in [0.29, 0.717) is 16.8 Å². The van der Waals surface area contributed by atoms with Crippen LogP contribution >= 0.6 is 11.6 Å². The number of nitro benzene ring substituents is 1. The molecular formula is C18H12ClF3N4O2. The Kier molecular flexibility index (Phi) is 5.36. The van der Waals surface area contributed by atoms with Crippen LogP contribution in [0, 0.1) is 10.1 Å². The highest BCUT2D eigenvalue weighted by molar-refractivity contribution is 6.30. The van der Waals surface area contributed by atoms with Gasteiger partial charge in [-0.15, -0.1) is 0 Å². The second-order valence-electron chi connectivity index (χ2n) is 5.64. The van der Waals surface area contributed by atoms with E-state index in [1.54, 1.807) is 47.2 Å². The number of nitrogens with zero attached hydrogens (tertiary/aromatic N) is 3. The second kappa shape index (κ2) is 7.73. The van der Waals surface area contributed by atoms with Crippen LogP contribution in [-0.4, -0.2) is 15.7 Å². The Morgan fingerprint density at radius 1 is 1.14 bits per heavy atom. The molecule has 1 N–H and O–H groups in total. The average Bonchev–Trinajstić information content (AvgIpc) is 3.10. The molecule has 1 aromatic heterocycles. The van der Waals surface area contributed by atoms with E-state index in [4.69, 9.17) is 11.6 Å². The zero-order valence-electron chi connectivity index (χ0n) is 14.0. The van der Waals surface area contributed by atoms with Crippen molar-refractivity contribution in [2.24, 2.45) is 5.10 Å². The van der Waals surface area contributed by atoms with E-state index in [0.717, 1.165) is 17.8 Å². The standard InChI is InChI=1S/C18H12ClF3N4O2/c19-13-4-6-14(7-5-13)25-9-1-2-15(25)11-23-24-16-8-3-12(18(20,21)22)10-17(16)26(27)28/h1-11,24H/b23-11-. The second-order valence-corrected chi connectivity index (χ2v) is 6.07. The maximum atomic E-state index is 12.7. The summed E-state index contributed by atoms with van der Waals surface area (Å²) in [4.78, 5) is 10.2. The Labute approximate surface area is 162 Å². The molecule has 0 bridgehead atoms. The van der Waals surface area contributed by atoms with E-state index in [-0.39, 0.29) is 5.69 Å². The van der Waals surface area contributed by atoms with Gasteiger partial charge >= 0.3 is 6.18 Å². The molecule has 144 valence electrons. The lowest BCUT2D eigenvalue weighted by Crippen LogP contribution is -2.07. The molecule has 0 aliphatic carbocycles. The maximum absolute atomic E-state index is 12.7. The molecule has 3 aromatic rings. The van der Waals surface area contributed by atoms with Gasteiger partial charge in [-0.05, 0) is 48.5 Å². The quantitative estimate of drug-likeness (QED) is 0.344. The fraction of sp³-hybridized carbons (Fsp3) is 0.0556. The van der Waals surface area contributed by atoms with Crippen LogP contribution in [0.25, 0.3) is 5.69 Å². The molecule has 2 aromatic carbocycles. The average molecular weight is 409 g/mol. The van der Waals surface area contributed by atoms with Gasteiger partial charge in [0.1, 0.15) is 5.69 Å². The Morgan fingerprint density at radius 2 is 1.86 bits per heavy atom. The fourth-order valence-electron chi connectivity index (χ4n) is 2.46. The first-order chi connectivity index (χ1) is 13.3. The molecule has 0 aliphatic rings.